The molecule has 0 saturated carbocycles. The molecule has 0 bridgehead atoms. The van der Waals surface area contributed by atoms with Crippen LogP contribution in [0.1, 0.15) is 11.7 Å². The first kappa shape index (κ1) is 16.9. The van der Waals surface area contributed by atoms with E-state index in [-0.39, 0.29) is 13.0 Å². The van der Waals surface area contributed by atoms with E-state index in [2.05, 4.69) is 15.0 Å². The van der Waals surface area contributed by atoms with Gasteiger partial charge in [-0.15, -0.1) is 0 Å². The number of nitrogens with one attached hydrogen (secondary N) is 1. The summed E-state index contributed by atoms with van der Waals surface area (Å²) in [6.45, 7) is 0.800. The molecular weight excluding hydrogens is 277 g/mol. The van der Waals surface area contributed by atoms with Crippen molar-refractivity contribution in [2.45, 2.75) is 19.0 Å². The summed E-state index contributed by atoms with van der Waals surface area (Å²) in [6.07, 6.45) is -1.88. The molecule has 1 heterocycles. The van der Waals surface area contributed by atoms with Gasteiger partial charge in [0.05, 0.1) is 19.4 Å². The second-order valence-corrected chi connectivity index (χ2v) is 4.13. The number of aromatic nitrogens is 1. The molecule has 5 nitrogen and oxygen atoms in total. The third kappa shape index (κ3) is 8.13. The van der Waals surface area contributed by atoms with Crippen molar-refractivity contribution in [2.75, 3.05) is 40.0 Å². The summed E-state index contributed by atoms with van der Waals surface area (Å²) in [5, 5.41) is 3.14. The van der Waals surface area contributed by atoms with E-state index in [0.29, 0.717) is 31.2 Å². The van der Waals surface area contributed by atoms with Crippen LogP contribution in [-0.4, -0.2) is 51.2 Å². The number of nitrogens with zero attached hydrogens (tertiary/aromatic N) is 1. The van der Waals surface area contributed by atoms with Crippen LogP contribution in [0.15, 0.2) is 10.6 Å². The first-order valence-corrected chi connectivity index (χ1v) is 6.29. The summed E-state index contributed by atoms with van der Waals surface area (Å²) in [7, 11) is 1.63. The Morgan fingerprint density at radius 1 is 1.25 bits per heavy atom. The largest absolute Gasteiger partial charge is 0.446 e. The molecule has 0 aliphatic heterocycles. The minimum Gasteiger partial charge on any atom is -0.446 e. The fourth-order valence-electron chi connectivity index (χ4n) is 1.43. The van der Waals surface area contributed by atoms with Crippen LogP contribution in [0.4, 0.5) is 13.2 Å². The molecule has 0 saturated heterocycles. The SMILES string of the molecule is COCCNCCc1ncc(CCOCC(F)(F)F)o1. The van der Waals surface area contributed by atoms with Gasteiger partial charge in [0.15, 0.2) is 5.89 Å². The minimum absolute atomic E-state index is 0.0414. The van der Waals surface area contributed by atoms with Crippen molar-refractivity contribution in [3.8, 4) is 0 Å². The zero-order chi connectivity index (χ0) is 14.8. The third-order valence-corrected chi connectivity index (χ3v) is 2.36. The van der Waals surface area contributed by atoms with Crippen molar-refractivity contribution in [3.63, 3.8) is 0 Å². The monoisotopic (exact) mass is 296 g/mol. The Hall–Kier alpha value is -1.12. The molecule has 20 heavy (non-hydrogen) atoms. The van der Waals surface area contributed by atoms with Crippen molar-refractivity contribution < 1.29 is 27.1 Å². The normalized spacial score (nSPS) is 12.0. The van der Waals surface area contributed by atoms with E-state index in [1.54, 1.807) is 7.11 Å². The van der Waals surface area contributed by atoms with Crippen LogP contribution in [0, 0.1) is 0 Å². The van der Waals surface area contributed by atoms with Crippen molar-refractivity contribution in [1.82, 2.24) is 10.3 Å². The number of oxazole rings is 1. The molecule has 0 amide bonds. The van der Waals surface area contributed by atoms with E-state index in [1.807, 2.05) is 0 Å². The second kappa shape index (κ2) is 8.93. The Morgan fingerprint density at radius 2 is 2.05 bits per heavy atom. The average molecular weight is 296 g/mol. The van der Waals surface area contributed by atoms with E-state index in [1.165, 1.54) is 6.20 Å². The van der Waals surface area contributed by atoms with Gasteiger partial charge in [-0.3, -0.25) is 0 Å². The lowest BCUT2D eigenvalue weighted by atomic mass is 10.4. The number of ether oxygens (including phenoxy) is 2. The Bertz CT molecular complexity index is 369. The van der Waals surface area contributed by atoms with Crippen LogP contribution >= 0.6 is 0 Å². The molecule has 0 radical (unpaired) electrons. The van der Waals surface area contributed by atoms with E-state index in [4.69, 9.17) is 9.15 Å². The number of halogens is 3. The van der Waals surface area contributed by atoms with Gasteiger partial charge in [-0.1, -0.05) is 0 Å². The fourth-order valence-corrected chi connectivity index (χ4v) is 1.43. The molecule has 0 fully saturated rings. The number of methoxy groups -OCH3 is 1. The lowest BCUT2D eigenvalue weighted by Gasteiger charge is -2.06. The number of hydrogen-bond donors (Lipinski definition) is 1. The minimum atomic E-state index is -4.29. The summed E-state index contributed by atoms with van der Waals surface area (Å²) in [5.74, 6) is 1.08. The van der Waals surface area contributed by atoms with Crippen LogP contribution in [0.5, 0.6) is 0 Å². The van der Waals surface area contributed by atoms with Gasteiger partial charge < -0.3 is 19.2 Å². The van der Waals surface area contributed by atoms with Gasteiger partial charge in [-0.05, 0) is 0 Å². The molecule has 1 N–H and O–H groups in total. The summed E-state index contributed by atoms with van der Waals surface area (Å²) in [5.41, 5.74) is 0. The lowest BCUT2D eigenvalue weighted by molar-refractivity contribution is -0.173. The number of hydrogen-bond acceptors (Lipinski definition) is 5. The zero-order valence-corrected chi connectivity index (χ0v) is 11.3. The molecule has 8 heteroatoms. The molecule has 0 aliphatic carbocycles. The molecule has 116 valence electrons. The average Bonchev–Trinajstić information content (AvgIpc) is 2.81. The van der Waals surface area contributed by atoms with Gasteiger partial charge in [-0.2, -0.15) is 13.2 Å². The van der Waals surface area contributed by atoms with Crippen LogP contribution in [-0.2, 0) is 22.3 Å². The lowest BCUT2D eigenvalue weighted by Crippen LogP contribution is -2.21. The van der Waals surface area contributed by atoms with Gasteiger partial charge in [0.25, 0.3) is 0 Å². The van der Waals surface area contributed by atoms with Crippen molar-refractivity contribution in [2.24, 2.45) is 0 Å². The highest BCUT2D eigenvalue weighted by Gasteiger charge is 2.27. The van der Waals surface area contributed by atoms with Crippen LogP contribution in [0.25, 0.3) is 0 Å². The van der Waals surface area contributed by atoms with Crippen LogP contribution < -0.4 is 5.32 Å². The van der Waals surface area contributed by atoms with E-state index >= 15 is 0 Å². The topological polar surface area (TPSA) is 56.5 Å². The Kier molecular flexibility index (Phi) is 7.56. The third-order valence-electron chi connectivity index (χ3n) is 2.36. The number of rotatable bonds is 10. The Morgan fingerprint density at radius 3 is 2.75 bits per heavy atom. The first-order chi connectivity index (χ1) is 9.51. The Labute approximate surface area is 115 Å². The predicted molar refractivity (Wildman–Crippen MR) is 65.5 cm³/mol. The summed E-state index contributed by atoms with van der Waals surface area (Å²) >= 11 is 0. The van der Waals surface area contributed by atoms with Gasteiger partial charge >= 0.3 is 6.18 Å². The van der Waals surface area contributed by atoms with E-state index < -0.39 is 12.8 Å². The zero-order valence-electron chi connectivity index (χ0n) is 11.3. The predicted octanol–water partition coefficient (Wildman–Crippen LogP) is 1.57. The van der Waals surface area contributed by atoms with Gasteiger partial charge in [0.1, 0.15) is 12.4 Å². The first-order valence-electron chi connectivity index (χ1n) is 6.29. The molecule has 0 atom stereocenters. The quantitative estimate of drug-likeness (QED) is 0.664. The van der Waals surface area contributed by atoms with Crippen molar-refractivity contribution in [3.05, 3.63) is 17.8 Å². The van der Waals surface area contributed by atoms with Crippen LogP contribution in [0.2, 0.25) is 0 Å². The van der Waals surface area contributed by atoms with Crippen LogP contribution in [0.3, 0.4) is 0 Å². The highest BCUT2D eigenvalue weighted by molar-refractivity contribution is 4.94. The molecule has 0 aromatic carbocycles. The summed E-state index contributed by atoms with van der Waals surface area (Å²) < 4.78 is 50.3. The van der Waals surface area contributed by atoms with E-state index in [9.17, 15) is 13.2 Å². The maximum absolute atomic E-state index is 11.8. The fraction of sp³-hybridized carbons (Fsp3) is 0.750. The molecular formula is C12H19F3N2O3. The summed E-state index contributed by atoms with van der Waals surface area (Å²) in [4.78, 5) is 4.05. The van der Waals surface area contributed by atoms with Crippen molar-refractivity contribution >= 4 is 0 Å². The maximum Gasteiger partial charge on any atom is 0.411 e. The number of alkyl halides is 3. The molecule has 0 unspecified atom stereocenters. The second-order valence-electron chi connectivity index (χ2n) is 4.13. The highest BCUT2D eigenvalue weighted by atomic mass is 19.4. The van der Waals surface area contributed by atoms with Gasteiger partial charge in [0, 0.05) is 33.0 Å². The molecule has 0 aliphatic rings. The Balaban J connectivity index is 2.13. The van der Waals surface area contributed by atoms with Gasteiger partial charge in [-0.25, -0.2) is 4.98 Å². The smallest absolute Gasteiger partial charge is 0.411 e. The molecule has 1 aromatic heterocycles. The van der Waals surface area contributed by atoms with Crippen molar-refractivity contribution in [1.29, 1.82) is 0 Å². The van der Waals surface area contributed by atoms with Gasteiger partial charge in [0.2, 0.25) is 0 Å². The highest BCUT2D eigenvalue weighted by Crippen LogP contribution is 2.14. The molecule has 0 spiro atoms. The molecule has 1 rings (SSSR count). The van der Waals surface area contributed by atoms with E-state index in [0.717, 1.165) is 6.54 Å². The summed E-state index contributed by atoms with van der Waals surface area (Å²) in [6, 6.07) is 0. The standard InChI is InChI=1S/C12H19F3N2O3/c1-18-7-5-16-4-2-11-17-8-10(20-11)3-6-19-9-12(13,14)15/h8,16H,2-7,9H2,1H3. The maximum atomic E-state index is 11.8. The molecule has 1 aromatic rings.